The Morgan fingerprint density at radius 2 is 0.383 bits per heavy atom. The lowest BCUT2D eigenvalue weighted by Crippen LogP contribution is -2.04. The predicted octanol–water partition coefficient (Wildman–Crippen LogP) is 24.9. The van der Waals surface area contributed by atoms with Crippen molar-refractivity contribution >= 4 is 53.5 Å². The molecule has 23 heteroatoms. The highest BCUT2D eigenvalue weighted by atomic mass is 16.4. The minimum atomic E-state index is -0.740. The number of Topliss-reactive ketones (excluding diaryl/α,β-unsaturated/α-hetero) is 1. The van der Waals surface area contributed by atoms with E-state index in [0.717, 1.165) is 283 Å². The molecule has 14 N–H and O–H groups in total. The average molecular weight is 1720 g/mol. The molecule has 0 aliphatic carbocycles. The van der Waals surface area contributed by atoms with Crippen LogP contribution in [0.1, 0.15) is 503 Å². The highest BCUT2D eigenvalue weighted by Gasteiger charge is 2.07. The summed E-state index contributed by atoms with van der Waals surface area (Å²) in [6.45, 7) is 10.9. The van der Waals surface area contributed by atoms with Gasteiger partial charge in [-0.25, -0.2) is 0 Å². The standard InChI is InChI=1S/C20H38O3.C18H34O3.C12H22O4.C12H24O3.C10H18O4.C10H20O3.C8H18O.C7H14O2/c1-2-3-4-13-16-19(21)17-14-11-9-7-5-6-8-10-12-15-18-20(22)23;1-2-3-4-11-14-17(19)15-12-9-7-5-6-8-10-13-16-18(20)21;13-11(14)9-7-5-3-1-2-4-6-8-10-12(15)16;13-11-9-7-5-3-1-2-4-6-8-10-12(14)15;11-9(12)7-5-3-1-2-4-6-8-10(13)14;11-9-7-5-3-1-2-4-6-8-10(12)13;1-3-4-5-6-7-8(2)9;1-7(9)5-3-2-4-6-8/h11,14,19,21H,2-10,12-13,15-18H2,1H3,(H,22,23);9,12,17,19H,2-8,10-11,13-16H2,1H3,(H,20,21);1-10H2,(H,13,14)(H,15,16);13H,1-11H2,(H,14,15);1-8H2,(H,11,12)(H,13,14);11H,1-9H2,(H,12,13);8-9H,3-7H2,1-2H3;8H,2-6H2,1H3/b14-11+;12-9+;;;;;;. The zero-order chi connectivity index (χ0) is 91.5. The molecule has 3 atom stereocenters. The molecule has 0 spiro atoms. The van der Waals surface area contributed by atoms with Crippen molar-refractivity contribution in [2.45, 2.75) is 522 Å². The molecule has 0 saturated carbocycles. The fourth-order valence-electron chi connectivity index (χ4n) is 12.4. The summed E-state index contributed by atoms with van der Waals surface area (Å²) < 4.78 is 0. The van der Waals surface area contributed by atoms with Gasteiger partial charge in [0.15, 0.2) is 0 Å². The van der Waals surface area contributed by atoms with Crippen molar-refractivity contribution in [1.82, 2.24) is 0 Å². The number of aliphatic carboxylic acids is 8. The Morgan fingerprint density at radius 1 is 0.217 bits per heavy atom. The van der Waals surface area contributed by atoms with Crippen molar-refractivity contribution in [3.05, 3.63) is 24.3 Å². The molecule has 0 amide bonds. The minimum Gasteiger partial charge on any atom is -0.481 e. The van der Waals surface area contributed by atoms with Crippen LogP contribution in [0.3, 0.4) is 0 Å². The number of rotatable bonds is 82. The third kappa shape index (κ3) is 164. The molecule has 120 heavy (non-hydrogen) atoms. The second-order valence-electron chi connectivity index (χ2n) is 32.4. The largest absolute Gasteiger partial charge is 0.481 e. The molecule has 0 fully saturated rings. The first kappa shape index (κ1) is 130. The van der Waals surface area contributed by atoms with Crippen LogP contribution in [0, 0.1) is 0 Å². The van der Waals surface area contributed by atoms with Crippen LogP contribution >= 0.6 is 0 Å². The van der Waals surface area contributed by atoms with Crippen LogP contribution in [0.15, 0.2) is 24.3 Å². The fraction of sp³-hybridized carbons (Fsp3) is 0.866. The molecule has 23 nitrogen and oxygen atoms in total. The average Bonchev–Trinajstić information content (AvgIpc) is 1.05. The lowest BCUT2D eigenvalue weighted by atomic mass is 10.1. The summed E-state index contributed by atoms with van der Waals surface area (Å²) in [7, 11) is 0. The second kappa shape index (κ2) is 118. The number of ketones is 1. The quantitative estimate of drug-likeness (QED) is 0.0199. The maximum Gasteiger partial charge on any atom is 0.303 e. The van der Waals surface area contributed by atoms with E-state index in [2.05, 4.69) is 45.1 Å². The zero-order valence-corrected chi connectivity index (χ0v) is 77.2. The van der Waals surface area contributed by atoms with Crippen molar-refractivity contribution in [3.8, 4) is 0 Å². The van der Waals surface area contributed by atoms with E-state index < -0.39 is 47.8 Å². The van der Waals surface area contributed by atoms with Crippen molar-refractivity contribution < 1.29 is 115 Å². The number of carboxylic acids is 8. The van der Waals surface area contributed by atoms with E-state index in [1.54, 1.807) is 6.92 Å². The van der Waals surface area contributed by atoms with Crippen LogP contribution < -0.4 is 0 Å². The van der Waals surface area contributed by atoms with Gasteiger partial charge in [0.05, 0.1) is 18.3 Å². The first-order valence-electron chi connectivity index (χ1n) is 48.1. The molecule has 0 aliphatic rings. The Morgan fingerprint density at radius 3 is 0.567 bits per heavy atom. The van der Waals surface area contributed by atoms with E-state index in [9.17, 15) is 53.4 Å². The third-order valence-corrected chi connectivity index (χ3v) is 19.8. The normalized spacial score (nSPS) is 11.4. The van der Waals surface area contributed by atoms with Gasteiger partial charge in [-0.1, -0.05) is 321 Å². The molecule has 0 rings (SSSR count). The summed E-state index contributed by atoms with van der Waals surface area (Å²) in [4.78, 5) is 92.1. The van der Waals surface area contributed by atoms with Gasteiger partial charge < -0.3 is 76.3 Å². The van der Waals surface area contributed by atoms with Crippen molar-refractivity contribution in [3.63, 3.8) is 0 Å². The second-order valence-corrected chi connectivity index (χ2v) is 32.4. The van der Waals surface area contributed by atoms with E-state index in [4.69, 9.17) is 61.3 Å². The van der Waals surface area contributed by atoms with E-state index in [1.807, 2.05) is 6.92 Å². The Hall–Kier alpha value is -5.33. The number of hydrogen-bond donors (Lipinski definition) is 14. The molecular formula is C97H188O23. The number of carbonyl (C=O) groups is 9. The maximum absolute atomic E-state index is 10.4. The van der Waals surface area contributed by atoms with E-state index in [-0.39, 0.29) is 56.4 Å². The lowest BCUT2D eigenvalue weighted by Gasteiger charge is -2.07. The van der Waals surface area contributed by atoms with Gasteiger partial charge in [-0.2, -0.15) is 0 Å². The summed E-state index contributed by atoms with van der Waals surface area (Å²) in [5.41, 5.74) is 0. The van der Waals surface area contributed by atoms with Gasteiger partial charge in [0.1, 0.15) is 5.78 Å². The topological polar surface area (TPSA) is 437 Å². The SMILES string of the molecule is CC(=O)CCCCCO.CCCCCCC(C)O.CCCCCCC(O)C/C=C/CCCCCCCC(=O)O.CCCCCCC(O)C/C=C/CCCCCCCCCC(=O)O.O=C(O)CCCCCCCCC(=O)O.O=C(O)CCCCCCCCCCC(=O)O.O=C(O)CCCCCCCCCCCO.O=C(O)CCCCCCCCCO. The van der Waals surface area contributed by atoms with Gasteiger partial charge >= 0.3 is 47.8 Å². The number of carboxylic acid groups (broad SMARTS) is 8. The van der Waals surface area contributed by atoms with Gasteiger partial charge in [-0.15, -0.1) is 0 Å². The van der Waals surface area contributed by atoms with Gasteiger partial charge in [0.2, 0.25) is 0 Å². The number of carbonyl (C=O) groups excluding carboxylic acids is 1. The van der Waals surface area contributed by atoms with Crippen LogP contribution in [0.25, 0.3) is 0 Å². The molecule has 3 unspecified atom stereocenters. The van der Waals surface area contributed by atoms with Gasteiger partial charge in [-0.3, -0.25) is 38.4 Å². The Labute approximate surface area is 730 Å². The monoisotopic (exact) mass is 1720 g/mol. The van der Waals surface area contributed by atoms with Crippen molar-refractivity contribution in [2.24, 2.45) is 0 Å². The van der Waals surface area contributed by atoms with Crippen LogP contribution in [-0.4, -0.2) is 163 Å². The Balaban J connectivity index is -0.000000203. The number of aliphatic hydroxyl groups is 6. The number of allylic oxidation sites excluding steroid dienone is 2. The first-order valence-corrected chi connectivity index (χ1v) is 48.1. The summed E-state index contributed by atoms with van der Waals surface area (Å²) in [6, 6.07) is 0. The number of aliphatic hydroxyl groups excluding tert-OH is 6. The van der Waals surface area contributed by atoms with E-state index >= 15 is 0 Å². The first-order chi connectivity index (χ1) is 57.7. The molecular weight excluding hydrogens is 1530 g/mol. The van der Waals surface area contributed by atoms with Crippen molar-refractivity contribution in [1.29, 1.82) is 0 Å². The third-order valence-electron chi connectivity index (χ3n) is 19.8. The molecule has 0 aromatic carbocycles. The Kier molecular flexibility index (Phi) is 128. The van der Waals surface area contributed by atoms with Gasteiger partial charge in [0.25, 0.3) is 0 Å². The smallest absolute Gasteiger partial charge is 0.303 e. The van der Waals surface area contributed by atoms with E-state index in [1.165, 1.54) is 128 Å². The molecule has 0 radical (unpaired) electrons. The van der Waals surface area contributed by atoms with Crippen LogP contribution in [0.5, 0.6) is 0 Å². The van der Waals surface area contributed by atoms with Crippen LogP contribution in [0.4, 0.5) is 0 Å². The summed E-state index contributed by atoms with van der Waals surface area (Å²) >= 11 is 0. The summed E-state index contributed by atoms with van der Waals surface area (Å²) in [5, 5.41) is 121. The highest BCUT2D eigenvalue weighted by Crippen LogP contribution is 2.17. The molecule has 0 saturated heterocycles. The predicted molar refractivity (Wildman–Crippen MR) is 489 cm³/mol. The van der Waals surface area contributed by atoms with Crippen LogP contribution in [0.2, 0.25) is 0 Å². The molecule has 0 heterocycles. The van der Waals surface area contributed by atoms with Gasteiger partial charge in [0, 0.05) is 77.6 Å². The number of hydrogen-bond acceptors (Lipinski definition) is 15. The Bertz CT molecular complexity index is 2150. The minimum absolute atomic E-state index is 0.0955. The number of unbranched alkanes of at least 4 members (excludes halogenated alkanes) is 49. The van der Waals surface area contributed by atoms with Crippen molar-refractivity contribution in [2.75, 3.05) is 19.8 Å². The van der Waals surface area contributed by atoms with Gasteiger partial charge in [-0.05, 0) is 149 Å². The summed E-state index contributed by atoms with van der Waals surface area (Å²) in [5.74, 6) is -5.41. The summed E-state index contributed by atoms with van der Waals surface area (Å²) in [6.07, 6.45) is 79.2. The molecule has 0 bridgehead atoms. The lowest BCUT2D eigenvalue weighted by molar-refractivity contribution is -0.138. The molecule has 714 valence electrons. The molecule has 0 aliphatic heterocycles. The zero-order valence-electron chi connectivity index (χ0n) is 77.2. The maximum atomic E-state index is 10.4. The molecule has 0 aromatic rings. The van der Waals surface area contributed by atoms with E-state index in [0.29, 0.717) is 45.3 Å². The van der Waals surface area contributed by atoms with Crippen LogP contribution in [-0.2, 0) is 43.2 Å². The fourth-order valence-corrected chi connectivity index (χ4v) is 12.4. The highest BCUT2D eigenvalue weighted by molar-refractivity contribution is 5.75. The molecule has 0 aromatic heterocycles.